The molecule has 0 saturated carbocycles. The van der Waals surface area contributed by atoms with Gasteiger partial charge in [-0.15, -0.1) is 0 Å². The second-order valence-electron chi connectivity index (χ2n) is 7.94. The molecule has 1 aromatic carbocycles. The molecule has 6 nitrogen and oxygen atoms in total. The maximum Gasteiger partial charge on any atom is 0.274 e. The first-order chi connectivity index (χ1) is 14.4. The van der Waals surface area contributed by atoms with Gasteiger partial charge in [0.15, 0.2) is 0 Å². The summed E-state index contributed by atoms with van der Waals surface area (Å²) in [5.74, 6) is -2.18. The average molecular weight is 418 g/mol. The van der Waals surface area contributed by atoms with E-state index in [-0.39, 0.29) is 47.4 Å². The third-order valence-electron chi connectivity index (χ3n) is 5.91. The van der Waals surface area contributed by atoms with Crippen LogP contribution in [0.25, 0.3) is 0 Å². The standard InChI is InChI=1S/C22H24F2N2O4/c1-13-3-5-25(10-14-4-6-30-12-14)22(28)21(13)26-11-15(7-19(26)27)20-17(23)8-16(29-2)9-18(20)24/h3,5,8-9,14-15H,4,6-7,10-12H2,1-2H3. The molecular formula is C22H24F2N2O4. The van der Waals surface area contributed by atoms with Gasteiger partial charge in [-0.05, 0) is 25.0 Å². The number of ether oxygens (including phenoxy) is 2. The zero-order valence-corrected chi connectivity index (χ0v) is 17.0. The Balaban J connectivity index is 1.64. The monoisotopic (exact) mass is 418 g/mol. The van der Waals surface area contributed by atoms with Gasteiger partial charge in [-0.25, -0.2) is 8.78 Å². The van der Waals surface area contributed by atoms with Gasteiger partial charge in [0, 0.05) is 61.8 Å². The number of carbonyl (C=O) groups is 1. The minimum atomic E-state index is -0.755. The number of pyridine rings is 1. The van der Waals surface area contributed by atoms with Crippen LogP contribution in [0.1, 0.15) is 29.9 Å². The number of amides is 1. The fourth-order valence-corrected chi connectivity index (χ4v) is 4.32. The van der Waals surface area contributed by atoms with Crippen LogP contribution in [-0.4, -0.2) is 37.3 Å². The van der Waals surface area contributed by atoms with E-state index >= 15 is 0 Å². The molecule has 0 aliphatic carbocycles. The van der Waals surface area contributed by atoms with Crippen molar-refractivity contribution in [2.24, 2.45) is 5.92 Å². The highest BCUT2D eigenvalue weighted by molar-refractivity contribution is 5.97. The van der Waals surface area contributed by atoms with E-state index in [2.05, 4.69) is 0 Å². The van der Waals surface area contributed by atoms with Crippen LogP contribution in [0.4, 0.5) is 14.5 Å². The molecular weight excluding hydrogens is 394 g/mol. The first-order valence-electron chi connectivity index (χ1n) is 10.00. The summed E-state index contributed by atoms with van der Waals surface area (Å²) in [5, 5.41) is 0. The zero-order valence-electron chi connectivity index (χ0n) is 17.0. The van der Waals surface area contributed by atoms with E-state index in [1.807, 2.05) is 0 Å². The van der Waals surface area contributed by atoms with Crippen LogP contribution in [0, 0.1) is 24.5 Å². The quantitative estimate of drug-likeness (QED) is 0.749. The highest BCUT2D eigenvalue weighted by Crippen LogP contribution is 2.35. The Bertz CT molecular complexity index is 1010. The molecule has 0 spiro atoms. The van der Waals surface area contributed by atoms with Crippen molar-refractivity contribution in [1.82, 2.24) is 4.57 Å². The average Bonchev–Trinajstić information content (AvgIpc) is 3.34. The third-order valence-corrected chi connectivity index (χ3v) is 5.91. The number of benzene rings is 1. The molecule has 3 heterocycles. The first kappa shape index (κ1) is 20.5. The van der Waals surface area contributed by atoms with Gasteiger partial charge in [0.2, 0.25) is 5.91 Å². The van der Waals surface area contributed by atoms with Gasteiger partial charge in [-0.1, -0.05) is 0 Å². The Morgan fingerprint density at radius 2 is 1.97 bits per heavy atom. The van der Waals surface area contributed by atoms with Crippen LogP contribution in [0.5, 0.6) is 5.75 Å². The number of hydrogen-bond acceptors (Lipinski definition) is 4. The molecule has 160 valence electrons. The van der Waals surface area contributed by atoms with Crippen LogP contribution in [0.3, 0.4) is 0 Å². The minimum absolute atomic E-state index is 0.0473. The van der Waals surface area contributed by atoms with Gasteiger partial charge >= 0.3 is 0 Å². The van der Waals surface area contributed by atoms with E-state index in [4.69, 9.17) is 9.47 Å². The van der Waals surface area contributed by atoms with Crippen molar-refractivity contribution in [2.75, 3.05) is 31.8 Å². The van der Waals surface area contributed by atoms with Crippen molar-refractivity contribution < 1.29 is 23.0 Å². The SMILES string of the molecule is COc1cc(F)c(C2CC(=O)N(c3c(C)ccn(CC4CCOC4)c3=O)C2)c(F)c1. The number of rotatable bonds is 5. The van der Waals surface area contributed by atoms with E-state index in [1.54, 1.807) is 23.8 Å². The molecule has 8 heteroatoms. The second kappa shape index (κ2) is 8.18. The topological polar surface area (TPSA) is 60.8 Å². The number of hydrogen-bond donors (Lipinski definition) is 0. The Kier molecular flexibility index (Phi) is 5.60. The first-order valence-corrected chi connectivity index (χ1v) is 10.00. The Morgan fingerprint density at radius 1 is 1.23 bits per heavy atom. The maximum absolute atomic E-state index is 14.5. The largest absolute Gasteiger partial charge is 0.497 e. The predicted molar refractivity (Wildman–Crippen MR) is 107 cm³/mol. The second-order valence-corrected chi connectivity index (χ2v) is 7.94. The lowest BCUT2D eigenvalue weighted by Crippen LogP contribution is -2.35. The van der Waals surface area contributed by atoms with Crippen LogP contribution >= 0.6 is 0 Å². The molecule has 0 bridgehead atoms. The van der Waals surface area contributed by atoms with E-state index in [9.17, 15) is 18.4 Å². The van der Waals surface area contributed by atoms with Crippen LogP contribution in [0.15, 0.2) is 29.2 Å². The maximum atomic E-state index is 14.5. The van der Waals surface area contributed by atoms with Crippen molar-refractivity contribution in [2.45, 2.75) is 32.2 Å². The molecule has 2 fully saturated rings. The molecule has 1 amide bonds. The number of aromatic nitrogens is 1. The van der Waals surface area contributed by atoms with Crippen molar-refractivity contribution in [3.05, 3.63) is 57.5 Å². The van der Waals surface area contributed by atoms with E-state index in [0.717, 1.165) is 18.6 Å². The van der Waals surface area contributed by atoms with Gasteiger partial charge < -0.3 is 18.9 Å². The van der Waals surface area contributed by atoms with E-state index in [0.29, 0.717) is 25.3 Å². The highest BCUT2D eigenvalue weighted by Gasteiger charge is 2.37. The van der Waals surface area contributed by atoms with Crippen LogP contribution < -0.4 is 15.2 Å². The van der Waals surface area contributed by atoms with Crippen molar-refractivity contribution >= 4 is 11.6 Å². The summed E-state index contributed by atoms with van der Waals surface area (Å²) >= 11 is 0. The highest BCUT2D eigenvalue weighted by atomic mass is 19.1. The fraction of sp³-hybridized carbons (Fsp3) is 0.455. The lowest BCUT2D eigenvalue weighted by atomic mass is 9.97. The molecule has 2 aliphatic rings. The molecule has 0 N–H and O–H groups in total. The summed E-state index contributed by atoms with van der Waals surface area (Å²) < 4.78 is 40.9. The molecule has 2 aliphatic heterocycles. The van der Waals surface area contributed by atoms with Crippen LogP contribution in [0.2, 0.25) is 0 Å². The van der Waals surface area contributed by atoms with Crippen molar-refractivity contribution in [1.29, 1.82) is 0 Å². The number of anilines is 1. The fourth-order valence-electron chi connectivity index (χ4n) is 4.32. The van der Waals surface area contributed by atoms with Crippen LogP contribution in [-0.2, 0) is 16.1 Å². The Hall–Kier alpha value is -2.74. The summed E-state index contributed by atoms with van der Waals surface area (Å²) in [6.07, 6.45) is 2.54. The number of nitrogens with zero attached hydrogens (tertiary/aromatic N) is 2. The minimum Gasteiger partial charge on any atom is -0.497 e. The lowest BCUT2D eigenvalue weighted by molar-refractivity contribution is -0.117. The normalized spacial score (nSPS) is 21.5. The van der Waals surface area contributed by atoms with E-state index in [1.165, 1.54) is 12.0 Å². The summed E-state index contributed by atoms with van der Waals surface area (Å²) in [5.41, 5.74) is 0.511. The lowest BCUT2D eigenvalue weighted by Gasteiger charge is -2.21. The molecule has 2 aromatic rings. The molecule has 2 saturated heterocycles. The number of halogens is 2. The van der Waals surface area contributed by atoms with Crippen molar-refractivity contribution in [3.8, 4) is 5.75 Å². The van der Waals surface area contributed by atoms with Gasteiger partial charge in [-0.3, -0.25) is 9.59 Å². The Morgan fingerprint density at radius 3 is 2.60 bits per heavy atom. The summed E-state index contributed by atoms with van der Waals surface area (Å²) in [7, 11) is 1.33. The molecule has 2 atom stereocenters. The summed E-state index contributed by atoms with van der Waals surface area (Å²) in [4.78, 5) is 27.3. The molecule has 4 rings (SSSR count). The van der Waals surface area contributed by atoms with Gasteiger partial charge in [0.05, 0.1) is 13.7 Å². The Labute approximate surface area is 173 Å². The van der Waals surface area contributed by atoms with Crippen molar-refractivity contribution in [3.63, 3.8) is 0 Å². The van der Waals surface area contributed by atoms with Gasteiger partial charge in [0.1, 0.15) is 23.1 Å². The van der Waals surface area contributed by atoms with Gasteiger partial charge in [0.25, 0.3) is 5.56 Å². The molecule has 2 unspecified atom stereocenters. The third kappa shape index (κ3) is 3.71. The summed E-state index contributed by atoms with van der Waals surface area (Å²) in [6.45, 7) is 3.61. The smallest absolute Gasteiger partial charge is 0.274 e. The van der Waals surface area contributed by atoms with E-state index < -0.39 is 17.6 Å². The zero-order chi connectivity index (χ0) is 21.4. The summed E-state index contributed by atoms with van der Waals surface area (Å²) in [6, 6.07) is 4.01. The van der Waals surface area contributed by atoms with Gasteiger partial charge in [-0.2, -0.15) is 0 Å². The molecule has 30 heavy (non-hydrogen) atoms. The number of carbonyl (C=O) groups excluding carboxylic acids is 1. The molecule has 0 radical (unpaired) electrons. The predicted octanol–water partition coefficient (Wildman–Crippen LogP) is 3.00. The number of aryl methyl sites for hydroxylation is 1. The number of methoxy groups -OCH3 is 1. The molecule has 1 aromatic heterocycles.